The van der Waals surface area contributed by atoms with Gasteiger partial charge in [-0.1, -0.05) is 24.3 Å². The number of rotatable bonds is 9. The smallest absolute Gasteiger partial charge is 0.252 e. The number of fused-ring (bicyclic) bond motifs is 1. The lowest BCUT2D eigenvalue weighted by molar-refractivity contribution is 0.0938. The van der Waals surface area contributed by atoms with E-state index in [-0.39, 0.29) is 0 Å². The lowest BCUT2D eigenvalue weighted by Gasteiger charge is -2.34. The van der Waals surface area contributed by atoms with Gasteiger partial charge in [0, 0.05) is 76.4 Å². The largest absolute Gasteiger partial charge is 0.383 e. The molecule has 2 aliphatic heterocycles. The highest BCUT2D eigenvalue weighted by molar-refractivity contribution is 5.59. The van der Waals surface area contributed by atoms with E-state index >= 15 is 0 Å². The van der Waals surface area contributed by atoms with Crippen molar-refractivity contribution in [2.24, 2.45) is 5.92 Å². The number of aromatic nitrogens is 6. The summed E-state index contributed by atoms with van der Waals surface area (Å²) in [6.07, 6.45) is 5.95. The van der Waals surface area contributed by atoms with Gasteiger partial charge in [-0.3, -0.25) is 14.8 Å². The molecule has 0 aliphatic carbocycles. The molecule has 4 aromatic rings. The molecule has 6 rings (SSSR count). The summed E-state index contributed by atoms with van der Waals surface area (Å²) in [5, 5.41) is 4.53. The van der Waals surface area contributed by atoms with Crippen molar-refractivity contribution in [2.75, 3.05) is 64.4 Å². The van der Waals surface area contributed by atoms with Crippen molar-refractivity contribution < 1.29 is 4.74 Å². The average molecular weight is 556 g/mol. The van der Waals surface area contributed by atoms with Gasteiger partial charge < -0.3 is 9.64 Å². The van der Waals surface area contributed by atoms with Crippen LogP contribution in [0.3, 0.4) is 0 Å². The molecule has 5 heterocycles. The number of nitrogens with zero attached hydrogens (tertiary/aromatic N) is 9. The highest BCUT2D eigenvalue weighted by atomic mass is 16.5. The maximum absolute atomic E-state index is 5.22. The molecule has 0 spiro atoms. The summed E-state index contributed by atoms with van der Waals surface area (Å²) in [4.78, 5) is 26.1. The second kappa shape index (κ2) is 12.2. The fourth-order valence-corrected chi connectivity index (χ4v) is 6.16. The van der Waals surface area contributed by atoms with E-state index in [0.717, 1.165) is 106 Å². The van der Waals surface area contributed by atoms with E-state index in [1.807, 2.05) is 23.8 Å². The Bertz CT molecular complexity index is 1460. The van der Waals surface area contributed by atoms with Crippen molar-refractivity contribution in [3.63, 3.8) is 0 Å². The van der Waals surface area contributed by atoms with Crippen molar-refractivity contribution >= 4 is 11.6 Å². The first-order valence-electron chi connectivity index (χ1n) is 14.8. The van der Waals surface area contributed by atoms with Crippen molar-refractivity contribution in [3.05, 3.63) is 65.0 Å². The number of methoxy groups -OCH3 is 1. The summed E-state index contributed by atoms with van der Waals surface area (Å²) in [7, 11) is 1.77. The summed E-state index contributed by atoms with van der Waals surface area (Å²) in [5.74, 6) is 2.93. The number of hydrogen-bond donors (Lipinski definition) is 0. The van der Waals surface area contributed by atoms with Crippen LogP contribution < -0.4 is 4.90 Å². The van der Waals surface area contributed by atoms with Gasteiger partial charge in [0.2, 0.25) is 0 Å². The molecule has 10 nitrogen and oxygen atoms in total. The molecule has 0 saturated carbocycles. The molecule has 1 aromatic carbocycles. The Morgan fingerprint density at radius 3 is 2.41 bits per heavy atom. The molecule has 0 radical (unpaired) electrons. The minimum absolute atomic E-state index is 0.540. The van der Waals surface area contributed by atoms with Gasteiger partial charge in [-0.25, -0.2) is 14.5 Å². The Morgan fingerprint density at radius 1 is 0.902 bits per heavy atom. The molecule has 2 fully saturated rings. The Kier molecular flexibility index (Phi) is 8.23. The van der Waals surface area contributed by atoms with Crippen LogP contribution in [0.1, 0.15) is 34.8 Å². The van der Waals surface area contributed by atoms with Crippen LogP contribution in [-0.4, -0.2) is 98.9 Å². The lowest BCUT2D eigenvalue weighted by atomic mass is 9.96. The van der Waals surface area contributed by atoms with Gasteiger partial charge in [0.1, 0.15) is 11.6 Å². The van der Waals surface area contributed by atoms with E-state index in [1.54, 1.807) is 7.11 Å². The average Bonchev–Trinajstić information content (AvgIpc) is 3.61. The van der Waals surface area contributed by atoms with Crippen LogP contribution in [0.4, 0.5) is 5.82 Å². The topological polar surface area (TPSA) is 87.8 Å². The SMILES string of the molecule is COCCN1CCN(Cc2ccc(-c3cnc(N4CC[C@@H](Cc5c(C)nc6nc(C)nn6c5C)C4)cn3)cc2)CC1. The molecule has 10 heteroatoms. The maximum atomic E-state index is 5.22. The molecule has 2 aliphatic rings. The normalized spacial score (nSPS) is 18.5. The highest BCUT2D eigenvalue weighted by Crippen LogP contribution is 2.28. The van der Waals surface area contributed by atoms with E-state index in [1.165, 1.54) is 11.1 Å². The van der Waals surface area contributed by atoms with E-state index < -0.39 is 0 Å². The second-order valence-electron chi connectivity index (χ2n) is 11.5. The van der Waals surface area contributed by atoms with Crippen molar-refractivity contribution in [2.45, 2.75) is 40.2 Å². The molecule has 0 amide bonds. The Labute approximate surface area is 242 Å². The predicted molar refractivity (Wildman–Crippen MR) is 160 cm³/mol. The van der Waals surface area contributed by atoms with E-state index in [2.05, 4.69) is 62.9 Å². The molecule has 41 heavy (non-hydrogen) atoms. The molecule has 1 atom stereocenters. The number of hydrogen-bond acceptors (Lipinski definition) is 9. The lowest BCUT2D eigenvalue weighted by Crippen LogP contribution is -2.46. The van der Waals surface area contributed by atoms with Crippen LogP contribution in [0.5, 0.6) is 0 Å². The van der Waals surface area contributed by atoms with Crippen LogP contribution in [0, 0.1) is 26.7 Å². The van der Waals surface area contributed by atoms with Crippen LogP contribution in [0.2, 0.25) is 0 Å². The van der Waals surface area contributed by atoms with E-state index in [9.17, 15) is 0 Å². The molecule has 216 valence electrons. The monoisotopic (exact) mass is 555 g/mol. The maximum Gasteiger partial charge on any atom is 0.252 e. The first-order valence-corrected chi connectivity index (χ1v) is 14.8. The van der Waals surface area contributed by atoms with Gasteiger partial charge in [-0.15, -0.1) is 0 Å². The molecular formula is C31H41N9O. The molecular weight excluding hydrogens is 514 g/mol. The summed E-state index contributed by atoms with van der Waals surface area (Å²) < 4.78 is 7.10. The predicted octanol–water partition coefficient (Wildman–Crippen LogP) is 3.34. The summed E-state index contributed by atoms with van der Waals surface area (Å²) in [6, 6.07) is 8.80. The Balaban J connectivity index is 1.03. The molecule has 2 saturated heterocycles. The molecule has 0 N–H and O–H groups in total. The fourth-order valence-electron chi connectivity index (χ4n) is 6.16. The zero-order chi connectivity index (χ0) is 28.3. The van der Waals surface area contributed by atoms with Crippen molar-refractivity contribution in [1.29, 1.82) is 0 Å². The van der Waals surface area contributed by atoms with Crippen molar-refractivity contribution in [3.8, 4) is 11.3 Å². The van der Waals surface area contributed by atoms with Gasteiger partial charge in [0.05, 0.1) is 24.7 Å². The second-order valence-corrected chi connectivity index (χ2v) is 11.5. The van der Waals surface area contributed by atoms with Crippen LogP contribution in [0.25, 0.3) is 17.0 Å². The Hall–Kier alpha value is -3.47. The van der Waals surface area contributed by atoms with Gasteiger partial charge in [0.15, 0.2) is 0 Å². The number of ether oxygens (including phenoxy) is 1. The van der Waals surface area contributed by atoms with Gasteiger partial charge in [-0.05, 0) is 50.7 Å². The number of benzene rings is 1. The molecule has 0 unspecified atom stereocenters. The third kappa shape index (κ3) is 6.24. The fraction of sp³-hybridized carbons (Fsp3) is 0.516. The number of piperazine rings is 1. The van der Waals surface area contributed by atoms with Crippen LogP contribution in [-0.2, 0) is 17.7 Å². The minimum Gasteiger partial charge on any atom is -0.383 e. The van der Waals surface area contributed by atoms with Crippen molar-refractivity contribution in [1.82, 2.24) is 39.3 Å². The number of aryl methyl sites for hydroxylation is 3. The zero-order valence-corrected chi connectivity index (χ0v) is 24.8. The molecule has 0 bridgehead atoms. The van der Waals surface area contributed by atoms with Gasteiger partial charge in [-0.2, -0.15) is 10.1 Å². The van der Waals surface area contributed by atoms with Gasteiger partial charge in [0.25, 0.3) is 5.78 Å². The highest BCUT2D eigenvalue weighted by Gasteiger charge is 2.26. The van der Waals surface area contributed by atoms with Crippen LogP contribution in [0.15, 0.2) is 36.7 Å². The third-order valence-electron chi connectivity index (χ3n) is 8.63. The number of anilines is 1. The summed E-state index contributed by atoms with van der Waals surface area (Å²) in [5.41, 5.74) is 6.83. The third-order valence-corrected chi connectivity index (χ3v) is 8.63. The standard InChI is InChI=1S/C31H41N9O/c1-22-28(23(2)40-31(34-22)35-24(3)36-40)17-26-9-10-39(21-26)30-19-32-29(18-33-30)27-7-5-25(6-8-27)20-38-13-11-37(12-14-38)15-16-41-4/h5-8,18-19,26H,9-17,20-21H2,1-4H3/t26-/m0/s1. The first-order chi connectivity index (χ1) is 20.0. The quantitative estimate of drug-likeness (QED) is 0.309. The first kappa shape index (κ1) is 27.7. The van der Waals surface area contributed by atoms with Gasteiger partial charge >= 0.3 is 0 Å². The summed E-state index contributed by atoms with van der Waals surface area (Å²) >= 11 is 0. The van der Waals surface area contributed by atoms with E-state index in [0.29, 0.717) is 11.7 Å². The summed E-state index contributed by atoms with van der Waals surface area (Å²) in [6.45, 7) is 15.3. The Morgan fingerprint density at radius 2 is 1.68 bits per heavy atom. The molecule has 3 aromatic heterocycles. The zero-order valence-electron chi connectivity index (χ0n) is 24.8. The van der Waals surface area contributed by atoms with E-state index in [4.69, 9.17) is 19.7 Å². The minimum atomic E-state index is 0.540. The van der Waals surface area contributed by atoms with Crippen LogP contribution >= 0.6 is 0 Å².